The van der Waals surface area contributed by atoms with Crippen molar-refractivity contribution >= 4 is 11.8 Å². The van der Waals surface area contributed by atoms with E-state index in [9.17, 15) is 9.59 Å². The SMILES string of the molecule is N#Cc1ccc(CCC(=O)NC2(C(N)=O)CCCCC2)cc1. The third-order valence-corrected chi connectivity index (χ3v) is 4.28. The maximum atomic E-state index is 12.1. The van der Waals surface area contributed by atoms with Gasteiger partial charge in [0.15, 0.2) is 0 Å². The topological polar surface area (TPSA) is 96.0 Å². The van der Waals surface area contributed by atoms with E-state index in [4.69, 9.17) is 11.0 Å². The van der Waals surface area contributed by atoms with Crippen LogP contribution in [0.5, 0.6) is 0 Å². The van der Waals surface area contributed by atoms with Gasteiger partial charge in [-0.15, -0.1) is 0 Å². The summed E-state index contributed by atoms with van der Waals surface area (Å²) in [5.41, 5.74) is 6.24. The van der Waals surface area contributed by atoms with Crippen LogP contribution in [-0.4, -0.2) is 17.4 Å². The lowest BCUT2D eigenvalue weighted by Crippen LogP contribution is -2.58. The molecule has 0 atom stereocenters. The van der Waals surface area contributed by atoms with Crippen LogP contribution in [0.1, 0.15) is 49.7 Å². The Labute approximate surface area is 130 Å². The summed E-state index contributed by atoms with van der Waals surface area (Å²) in [5, 5.41) is 11.6. The standard InChI is InChI=1S/C17H21N3O2/c18-12-14-6-4-13(5-7-14)8-9-15(21)20-17(16(19)22)10-2-1-3-11-17/h4-7H,1-3,8-11H2,(H2,19,22)(H,20,21). The van der Waals surface area contributed by atoms with Gasteiger partial charge in [0.1, 0.15) is 5.54 Å². The van der Waals surface area contributed by atoms with Crippen LogP contribution < -0.4 is 11.1 Å². The fourth-order valence-electron chi connectivity index (χ4n) is 2.92. The van der Waals surface area contributed by atoms with Crippen molar-refractivity contribution in [2.24, 2.45) is 5.73 Å². The quantitative estimate of drug-likeness (QED) is 0.867. The lowest BCUT2D eigenvalue weighted by molar-refractivity contribution is -0.132. The number of primary amides is 1. The summed E-state index contributed by atoms with van der Waals surface area (Å²) in [7, 11) is 0. The fraction of sp³-hybridized carbons (Fsp3) is 0.471. The van der Waals surface area contributed by atoms with Crippen LogP contribution in [0.25, 0.3) is 0 Å². The molecule has 1 aliphatic carbocycles. The lowest BCUT2D eigenvalue weighted by atomic mass is 9.81. The minimum Gasteiger partial charge on any atom is -0.368 e. The van der Waals surface area contributed by atoms with Crippen molar-refractivity contribution < 1.29 is 9.59 Å². The van der Waals surface area contributed by atoms with Crippen LogP contribution in [0, 0.1) is 11.3 Å². The van der Waals surface area contributed by atoms with Crippen LogP contribution >= 0.6 is 0 Å². The first-order valence-electron chi connectivity index (χ1n) is 7.66. The van der Waals surface area contributed by atoms with Gasteiger partial charge in [-0.25, -0.2) is 0 Å². The molecule has 1 aromatic rings. The third-order valence-electron chi connectivity index (χ3n) is 4.28. The zero-order valence-corrected chi connectivity index (χ0v) is 12.6. The van der Waals surface area contributed by atoms with E-state index in [2.05, 4.69) is 11.4 Å². The zero-order chi connectivity index (χ0) is 16.0. The van der Waals surface area contributed by atoms with Crippen molar-refractivity contribution in [2.75, 3.05) is 0 Å². The molecule has 0 bridgehead atoms. The third kappa shape index (κ3) is 3.85. The summed E-state index contributed by atoms with van der Waals surface area (Å²) in [4.78, 5) is 23.9. The molecule has 2 rings (SSSR count). The van der Waals surface area contributed by atoms with Crippen LogP contribution in [0.2, 0.25) is 0 Å². The Morgan fingerprint density at radius 1 is 1.18 bits per heavy atom. The molecule has 1 aromatic carbocycles. The molecule has 5 heteroatoms. The molecule has 0 radical (unpaired) electrons. The van der Waals surface area contributed by atoms with Crippen LogP contribution in [0.15, 0.2) is 24.3 Å². The Balaban J connectivity index is 1.91. The number of aryl methyl sites for hydroxylation is 1. The Kier molecular flexibility index (Phi) is 5.16. The first-order valence-corrected chi connectivity index (χ1v) is 7.66. The van der Waals surface area contributed by atoms with Gasteiger partial charge in [0.25, 0.3) is 0 Å². The molecule has 0 heterocycles. The van der Waals surface area contributed by atoms with E-state index < -0.39 is 11.4 Å². The highest BCUT2D eigenvalue weighted by molar-refractivity contribution is 5.90. The molecule has 2 amide bonds. The molecule has 5 nitrogen and oxygen atoms in total. The molecule has 3 N–H and O–H groups in total. The maximum absolute atomic E-state index is 12.1. The largest absolute Gasteiger partial charge is 0.368 e. The van der Waals surface area contributed by atoms with Crippen molar-refractivity contribution in [3.8, 4) is 6.07 Å². The Bertz CT molecular complexity index is 581. The second-order valence-corrected chi connectivity index (χ2v) is 5.86. The van der Waals surface area contributed by atoms with E-state index in [0.29, 0.717) is 31.2 Å². The van der Waals surface area contributed by atoms with E-state index in [1.807, 2.05) is 12.1 Å². The summed E-state index contributed by atoms with van der Waals surface area (Å²) in [6.45, 7) is 0. The van der Waals surface area contributed by atoms with Crippen molar-refractivity contribution in [3.05, 3.63) is 35.4 Å². The van der Waals surface area contributed by atoms with E-state index in [1.54, 1.807) is 12.1 Å². The molecule has 1 fully saturated rings. The number of nitrogens with one attached hydrogen (secondary N) is 1. The van der Waals surface area contributed by atoms with Crippen LogP contribution in [0.3, 0.4) is 0 Å². The smallest absolute Gasteiger partial charge is 0.243 e. The summed E-state index contributed by atoms with van der Waals surface area (Å²) in [6.07, 6.45) is 5.05. The highest BCUT2D eigenvalue weighted by Crippen LogP contribution is 2.28. The summed E-state index contributed by atoms with van der Waals surface area (Å²) in [6, 6.07) is 9.22. The molecule has 0 unspecified atom stereocenters. The van der Waals surface area contributed by atoms with Gasteiger partial charge in [-0.1, -0.05) is 31.4 Å². The molecule has 22 heavy (non-hydrogen) atoms. The van der Waals surface area contributed by atoms with E-state index >= 15 is 0 Å². The molecule has 0 aromatic heterocycles. The molecular formula is C17H21N3O2. The van der Waals surface area contributed by atoms with E-state index in [1.165, 1.54) is 0 Å². The van der Waals surface area contributed by atoms with Gasteiger partial charge in [-0.2, -0.15) is 5.26 Å². The number of hydrogen-bond donors (Lipinski definition) is 2. The molecule has 1 saturated carbocycles. The normalized spacial score (nSPS) is 16.5. The highest BCUT2D eigenvalue weighted by atomic mass is 16.2. The number of benzene rings is 1. The minimum absolute atomic E-state index is 0.148. The molecular weight excluding hydrogens is 278 g/mol. The average Bonchev–Trinajstić information content (AvgIpc) is 2.54. The van der Waals surface area contributed by atoms with Crippen molar-refractivity contribution in [1.29, 1.82) is 5.26 Å². The first kappa shape index (κ1) is 16.0. The number of nitrogens with zero attached hydrogens (tertiary/aromatic N) is 1. The number of rotatable bonds is 5. The van der Waals surface area contributed by atoms with Crippen molar-refractivity contribution in [1.82, 2.24) is 5.32 Å². The Morgan fingerprint density at radius 2 is 1.82 bits per heavy atom. The molecule has 0 spiro atoms. The second-order valence-electron chi connectivity index (χ2n) is 5.86. The molecule has 116 valence electrons. The maximum Gasteiger partial charge on any atom is 0.243 e. The fourth-order valence-corrected chi connectivity index (χ4v) is 2.92. The minimum atomic E-state index is -0.861. The van der Waals surface area contributed by atoms with Gasteiger partial charge in [0.2, 0.25) is 11.8 Å². The predicted octanol–water partition coefficient (Wildman–Crippen LogP) is 1.80. The average molecular weight is 299 g/mol. The highest BCUT2D eigenvalue weighted by Gasteiger charge is 2.38. The number of carbonyl (C=O) groups excluding carboxylic acids is 2. The molecule has 1 aliphatic rings. The first-order chi connectivity index (χ1) is 10.6. The number of nitrogens with two attached hydrogens (primary N) is 1. The van der Waals surface area contributed by atoms with Gasteiger partial charge in [0, 0.05) is 6.42 Å². The Hall–Kier alpha value is -2.35. The number of nitriles is 1. The van der Waals surface area contributed by atoms with Crippen molar-refractivity contribution in [3.63, 3.8) is 0 Å². The van der Waals surface area contributed by atoms with Gasteiger partial charge in [-0.05, 0) is 37.0 Å². The van der Waals surface area contributed by atoms with Crippen molar-refractivity contribution in [2.45, 2.75) is 50.5 Å². The summed E-state index contributed by atoms with van der Waals surface area (Å²) >= 11 is 0. The van der Waals surface area contributed by atoms with E-state index in [-0.39, 0.29) is 5.91 Å². The molecule has 0 saturated heterocycles. The Morgan fingerprint density at radius 3 is 2.36 bits per heavy atom. The molecule has 0 aliphatic heterocycles. The number of carbonyl (C=O) groups is 2. The van der Waals surface area contributed by atoms with Crippen LogP contribution in [0.4, 0.5) is 0 Å². The number of amides is 2. The van der Waals surface area contributed by atoms with Gasteiger partial charge in [0.05, 0.1) is 11.6 Å². The van der Waals surface area contributed by atoms with Gasteiger partial charge < -0.3 is 11.1 Å². The second kappa shape index (κ2) is 7.08. The number of hydrogen-bond acceptors (Lipinski definition) is 3. The summed E-state index contributed by atoms with van der Waals surface area (Å²) < 4.78 is 0. The monoisotopic (exact) mass is 299 g/mol. The van der Waals surface area contributed by atoms with Crippen LogP contribution in [-0.2, 0) is 16.0 Å². The van der Waals surface area contributed by atoms with Gasteiger partial charge in [-0.3, -0.25) is 9.59 Å². The zero-order valence-electron chi connectivity index (χ0n) is 12.6. The van der Waals surface area contributed by atoms with Gasteiger partial charge >= 0.3 is 0 Å². The summed E-state index contributed by atoms with van der Waals surface area (Å²) in [5.74, 6) is -0.580. The van der Waals surface area contributed by atoms with E-state index in [0.717, 1.165) is 24.8 Å². The lowest BCUT2D eigenvalue weighted by Gasteiger charge is -2.35. The predicted molar refractivity (Wildman–Crippen MR) is 82.6 cm³/mol.